The zero-order valence-corrected chi connectivity index (χ0v) is 55.0. The maximum Gasteiger partial charge on any atom is 0.305 e. The molecule has 0 aliphatic heterocycles. The van der Waals surface area contributed by atoms with Gasteiger partial charge in [-0.05, 0) is 77.0 Å². The Bertz CT molecular complexity index is 1270. The molecule has 0 saturated heterocycles. The largest absolute Gasteiger partial charge is 0.466 e. The number of aliphatic hydroxyl groups excluding tert-OH is 2. The van der Waals surface area contributed by atoms with E-state index in [0.717, 1.165) is 44.9 Å². The maximum absolute atomic E-state index is 12.6. The second-order valence-corrected chi connectivity index (χ2v) is 25.6. The molecule has 0 radical (unpaired) electrons. The van der Waals surface area contributed by atoms with Crippen LogP contribution in [0.25, 0.3) is 0 Å². The molecule has 2 unspecified atom stereocenters. The van der Waals surface area contributed by atoms with Crippen molar-refractivity contribution in [3.63, 3.8) is 0 Å². The Morgan fingerprint density at radius 1 is 0.333 bits per heavy atom. The minimum atomic E-state index is -0.668. The van der Waals surface area contributed by atoms with E-state index in [9.17, 15) is 19.8 Å². The lowest BCUT2D eigenvalue weighted by molar-refractivity contribution is -0.143. The highest BCUT2D eigenvalue weighted by Crippen LogP contribution is 2.19. The Morgan fingerprint density at radius 3 is 0.877 bits per heavy atom. The lowest BCUT2D eigenvalue weighted by atomic mass is 10.0. The predicted molar refractivity (Wildman–Crippen MR) is 356 cm³/mol. The standard InChI is InChI=1S/C75H145NO5/c1-3-5-7-9-11-13-15-17-19-21-22-23-29-32-36-39-43-47-51-55-59-63-67-73(78)72(71-77)76-74(79)68-64-60-56-52-48-44-40-37-33-30-27-25-24-26-28-31-34-38-42-46-50-54-58-62-66-70-81-75(80)69-65-61-57-53-49-45-41-35-20-18-16-14-12-10-8-6-4-2/h18,20,25,27,72-73,77-78H,3-17,19,21-24,26,28-71H2,1-2H3,(H,76,79)/b20-18-,27-25-. The monoisotopic (exact) mass is 1140 g/mol. The van der Waals surface area contributed by atoms with Gasteiger partial charge in [0.1, 0.15) is 0 Å². The van der Waals surface area contributed by atoms with Crippen LogP contribution in [0.5, 0.6) is 0 Å². The van der Waals surface area contributed by atoms with Crippen LogP contribution in [0.4, 0.5) is 0 Å². The minimum absolute atomic E-state index is 0.0112. The van der Waals surface area contributed by atoms with Crippen molar-refractivity contribution in [3.05, 3.63) is 24.3 Å². The van der Waals surface area contributed by atoms with E-state index < -0.39 is 12.1 Å². The molecule has 0 saturated carbocycles. The van der Waals surface area contributed by atoms with Gasteiger partial charge < -0.3 is 20.3 Å². The minimum Gasteiger partial charge on any atom is -0.466 e. The van der Waals surface area contributed by atoms with Crippen molar-refractivity contribution in [2.75, 3.05) is 13.2 Å². The second-order valence-electron chi connectivity index (χ2n) is 25.6. The summed E-state index contributed by atoms with van der Waals surface area (Å²) in [6.45, 7) is 4.99. The summed E-state index contributed by atoms with van der Waals surface area (Å²) in [5.74, 6) is -0.0221. The number of carbonyl (C=O) groups excluding carboxylic acids is 2. The summed E-state index contributed by atoms with van der Waals surface area (Å²) >= 11 is 0. The van der Waals surface area contributed by atoms with Crippen molar-refractivity contribution in [1.82, 2.24) is 5.32 Å². The number of hydrogen-bond donors (Lipinski definition) is 3. The van der Waals surface area contributed by atoms with Gasteiger partial charge in [0.2, 0.25) is 5.91 Å². The van der Waals surface area contributed by atoms with Crippen LogP contribution in [0.1, 0.15) is 418 Å². The SMILES string of the molecule is CCCCCCCC/C=C\CCCCCCCCCC(=O)OCCCCCCCCCCCCCC/C=C\CCCCCCCCCCCC(=O)NC(CO)C(O)CCCCCCCCCCCCCCCCCCCCCCCC. The maximum atomic E-state index is 12.6. The van der Waals surface area contributed by atoms with E-state index >= 15 is 0 Å². The average Bonchev–Trinajstić information content (AvgIpc) is 3.47. The fourth-order valence-corrected chi connectivity index (χ4v) is 11.8. The fourth-order valence-electron chi connectivity index (χ4n) is 11.8. The van der Waals surface area contributed by atoms with Crippen molar-refractivity contribution >= 4 is 11.9 Å². The Labute approximate surface area is 507 Å². The molecule has 480 valence electrons. The van der Waals surface area contributed by atoms with E-state index in [4.69, 9.17) is 4.74 Å². The molecule has 0 aromatic carbocycles. The summed E-state index contributed by atoms with van der Waals surface area (Å²) in [5, 5.41) is 23.4. The zero-order chi connectivity index (χ0) is 58.5. The van der Waals surface area contributed by atoms with Crippen LogP contribution in [0.2, 0.25) is 0 Å². The third-order valence-electron chi connectivity index (χ3n) is 17.5. The molecule has 0 bridgehead atoms. The molecule has 81 heavy (non-hydrogen) atoms. The number of nitrogens with one attached hydrogen (secondary N) is 1. The summed E-state index contributed by atoms with van der Waals surface area (Å²) in [7, 11) is 0. The fraction of sp³-hybridized carbons (Fsp3) is 0.920. The molecular formula is C75H145NO5. The molecule has 0 heterocycles. The summed E-state index contributed by atoms with van der Waals surface area (Å²) < 4.78 is 5.50. The Hall–Kier alpha value is -1.66. The molecule has 6 heteroatoms. The second kappa shape index (κ2) is 70.8. The van der Waals surface area contributed by atoms with Crippen LogP contribution in [0.3, 0.4) is 0 Å². The molecule has 0 aromatic rings. The summed E-state index contributed by atoms with van der Waals surface area (Å²) in [6.07, 6.45) is 89.5. The number of ether oxygens (including phenoxy) is 1. The van der Waals surface area contributed by atoms with E-state index in [1.165, 1.54) is 340 Å². The van der Waals surface area contributed by atoms with Gasteiger partial charge in [-0.2, -0.15) is 0 Å². The summed E-state index contributed by atoms with van der Waals surface area (Å²) in [4.78, 5) is 24.7. The first-order valence-corrected chi connectivity index (χ1v) is 37.1. The van der Waals surface area contributed by atoms with Crippen molar-refractivity contribution < 1.29 is 24.5 Å². The van der Waals surface area contributed by atoms with Gasteiger partial charge in [-0.15, -0.1) is 0 Å². The van der Waals surface area contributed by atoms with Crippen molar-refractivity contribution in [2.45, 2.75) is 431 Å². The first-order chi connectivity index (χ1) is 40.0. The molecule has 0 aromatic heterocycles. The van der Waals surface area contributed by atoms with Crippen LogP contribution in [0.15, 0.2) is 24.3 Å². The van der Waals surface area contributed by atoms with Crippen LogP contribution >= 0.6 is 0 Å². The first kappa shape index (κ1) is 79.3. The summed E-state index contributed by atoms with van der Waals surface area (Å²) in [5.41, 5.74) is 0. The Balaban J connectivity index is 3.39. The third kappa shape index (κ3) is 67.3. The molecule has 2 atom stereocenters. The molecule has 0 aliphatic carbocycles. The number of hydrogen-bond acceptors (Lipinski definition) is 5. The van der Waals surface area contributed by atoms with E-state index in [2.05, 4.69) is 43.5 Å². The van der Waals surface area contributed by atoms with Crippen LogP contribution < -0.4 is 5.32 Å². The highest BCUT2D eigenvalue weighted by molar-refractivity contribution is 5.76. The number of carbonyl (C=O) groups is 2. The van der Waals surface area contributed by atoms with Crippen LogP contribution in [0, 0.1) is 0 Å². The number of amides is 1. The lowest BCUT2D eigenvalue weighted by Gasteiger charge is -2.22. The number of allylic oxidation sites excluding steroid dienone is 4. The van der Waals surface area contributed by atoms with Crippen LogP contribution in [-0.4, -0.2) is 47.4 Å². The zero-order valence-electron chi connectivity index (χ0n) is 55.0. The van der Waals surface area contributed by atoms with E-state index in [-0.39, 0.29) is 18.5 Å². The Morgan fingerprint density at radius 2 is 0.580 bits per heavy atom. The highest BCUT2D eigenvalue weighted by atomic mass is 16.5. The number of unbranched alkanes of at least 4 members (excludes halogenated alkanes) is 55. The molecule has 3 N–H and O–H groups in total. The van der Waals surface area contributed by atoms with Gasteiger partial charge in [-0.1, -0.05) is 353 Å². The van der Waals surface area contributed by atoms with Gasteiger partial charge in [-0.25, -0.2) is 0 Å². The third-order valence-corrected chi connectivity index (χ3v) is 17.5. The normalized spacial score (nSPS) is 12.6. The number of esters is 1. The van der Waals surface area contributed by atoms with Gasteiger partial charge in [0.25, 0.3) is 0 Å². The summed E-state index contributed by atoms with van der Waals surface area (Å²) in [6, 6.07) is -0.545. The lowest BCUT2D eigenvalue weighted by Crippen LogP contribution is -2.45. The smallest absolute Gasteiger partial charge is 0.305 e. The number of rotatable bonds is 70. The topological polar surface area (TPSA) is 95.9 Å². The van der Waals surface area contributed by atoms with E-state index in [1.807, 2.05) is 0 Å². The molecule has 0 fully saturated rings. The van der Waals surface area contributed by atoms with Crippen molar-refractivity contribution in [2.24, 2.45) is 0 Å². The van der Waals surface area contributed by atoms with Gasteiger partial charge in [-0.3, -0.25) is 9.59 Å². The van der Waals surface area contributed by atoms with E-state index in [1.54, 1.807) is 0 Å². The first-order valence-electron chi connectivity index (χ1n) is 37.1. The van der Waals surface area contributed by atoms with Gasteiger partial charge in [0.15, 0.2) is 0 Å². The van der Waals surface area contributed by atoms with Crippen LogP contribution in [-0.2, 0) is 14.3 Å². The molecule has 6 nitrogen and oxygen atoms in total. The highest BCUT2D eigenvalue weighted by Gasteiger charge is 2.20. The van der Waals surface area contributed by atoms with Gasteiger partial charge in [0.05, 0.1) is 25.4 Å². The molecule has 1 amide bonds. The average molecular weight is 1140 g/mol. The molecule has 0 aliphatic rings. The van der Waals surface area contributed by atoms with Gasteiger partial charge >= 0.3 is 5.97 Å². The quantitative estimate of drug-likeness (QED) is 0.0320. The molecular weight excluding hydrogens is 995 g/mol. The van der Waals surface area contributed by atoms with Gasteiger partial charge in [0, 0.05) is 12.8 Å². The number of aliphatic hydroxyl groups is 2. The predicted octanol–water partition coefficient (Wildman–Crippen LogP) is 24.1. The van der Waals surface area contributed by atoms with Crippen molar-refractivity contribution in [1.29, 1.82) is 0 Å². The Kier molecular flexibility index (Phi) is 69.4. The molecule has 0 spiro atoms. The van der Waals surface area contributed by atoms with E-state index in [0.29, 0.717) is 25.9 Å². The molecule has 0 rings (SSSR count). The van der Waals surface area contributed by atoms with Crippen molar-refractivity contribution in [3.8, 4) is 0 Å².